The van der Waals surface area contributed by atoms with Gasteiger partial charge in [-0.2, -0.15) is 17.2 Å². The van der Waals surface area contributed by atoms with Crippen molar-refractivity contribution in [3.63, 3.8) is 0 Å². The van der Waals surface area contributed by atoms with Crippen molar-refractivity contribution < 1.29 is 49.8 Å². The Hall–Kier alpha value is -4.34. The van der Waals surface area contributed by atoms with Gasteiger partial charge in [-0.15, -0.1) is 6.58 Å². The maximum atomic E-state index is 13.9. The van der Waals surface area contributed by atoms with E-state index in [-0.39, 0.29) is 23.2 Å². The van der Waals surface area contributed by atoms with Crippen LogP contribution >= 0.6 is 0 Å². The maximum absolute atomic E-state index is 13.9. The van der Waals surface area contributed by atoms with Crippen molar-refractivity contribution in [3.8, 4) is 0 Å². The van der Waals surface area contributed by atoms with Gasteiger partial charge in [-0.25, -0.2) is 18.2 Å². The zero-order chi connectivity index (χ0) is 35.0. The third-order valence-corrected chi connectivity index (χ3v) is 13.9. The van der Waals surface area contributed by atoms with Crippen molar-refractivity contribution >= 4 is 52.2 Å². The van der Waals surface area contributed by atoms with Crippen LogP contribution in [-0.4, -0.2) is 111 Å². The van der Waals surface area contributed by atoms with E-state index in [0.717, 1.165) is 15.3 Å². The predicted octanol–water partition coefficient (Wildman–Crippen LogP) is 3.76. The number of aromatic carboxylic acids is 1. The van der Waals surface area contributed by atoms with E-state index in [1.807, 2.05) is 24.4 Å². The minimum atomic E-state index is -4.39. The Morgan fingerprint density at radius 3 is 2.33 bits per heavy atom. The second-order valence-corrected chi connectivity index (χ2v) is 18.2. The summed E-state index contributed by atoms with van der Waals surface area (Å²) in [5.41, 5.74) is 4.73. The Morgan fingerprint density at radius 2 is 1.75 bits per heavy atom. The molecule has 48 heavy (non-hydrogen) atoms. The number of carbonyl (C=O) groups is 2. The average molecular weight is 703 g/mol. The molecule has 2 saturated heterocycles. The lowest BCUT2D eigenvalue weighted by Gasteiger charge is -2.43. The highest BCUT2D eigenvalue weighted by Crippen LogP contribution is 2.44. The zero-order valence-corrected chi connectivity index (χ0v) is 27.8. The number of amides is 1. The van der Waals surface area contributed by atoms with Crippen molar-refractivity contribution in [1.82, 2.24) is 4.90 Å². The van der Waals surface area contributed by atoms with Gasteiger partial charge in [0.05, 0.1) is 24.4 Å². The van der Waals surface area contributed by atoms with Crippen LogP contribution < -0.4 is 10.1 Å². The molecule has 1 amide bonds. The van der Waals surface area contributed by atoms with Crippen LogP contribution in [-0.2, 0) is 10.1 Å². The number of nitrogens with zero attached hydrogens (tertiary/aromatic N) is 3. The van der Waals surface area contributed by atoms with Gasteiger partial charge in [0.15, 0.2) is 5.71 Å². The number of carboxylic acid groups (broad SMARTS) is 1. The fraction of sp³-hybridized carbons (Fsp3) is 0.303. The van der Waals surface area contributed by atoms with Gasteiger partial charge in [0, 0.05) is 37.0 Å². The molecule has 9 nitrogen and oxygen atoms in total. The van der Waals surface area contributed by atoms with Gasteiger partial charge in [0.1, 0.15) is 8.07 Å². The molecule has 6 rings (SSSR count). The van der Waals surface area contributed by atoms with E-state index in [2.05, 4.69) is 6.58 Å². The summed E-state index contributed by atoms with van der Waals surface area (Å²) in [4.78, 5) is 28.7. The van der Waals surface area contributed by atoms with Gasteiger partial charge in [-0.05, 0) is 69.1 Å². The first-order valence-electron chi connectivity index (χ1n) is 15.0. The molecule has 0 bridgehead atoms. The SMILES string of the molecule is C=C[Si]1(C)C2=CC(=[N+]3CC(F)(F)C3)C=CC2=C(c2cc(C(=O)O)ccc2C(=O)N(C)CCS(=O)(=O)O)c2ccc(N3CC(F)(F)C3)cc21. The molecule has 0 spiro atoms. The first-order valence-corrected chi connectivity index (χ1v) is 19.2. The van der Waals surface area contributed by atoms with Crippen LogP contribution in [0.25, 0.3) is 5.57 Å². The molecule has 2 fully saturated rings. The highest BCUT2D eigenvalue weighted by Gasteiger charge is 2.52. The molecule has 2 aromatic rings. The Kier molecular flexibility index (Phi) is 7.95. The molecule has 1 atom stereocenters. The monoisotopic (exact) mass is 702 g/mol. The number of anilines is 1. The number of carbonyl (C=O) groups excluding carboxylic acids is 1. The summed E-state index contributed by atoms with van der Waals surface area (Å²) in [5.74, 6) is -8.29. The molecule has 3 aliphatic heterocycles. The molecule has 15 heteroatoms. The van der Waals surface area contributed by atoms with E-state index in [1.54, 1.807) is 24.3 Å². The third kappa shape index (κ3) is 5.94. The summed E-state index contributed by atoms with van der Waals surface area (Å²) in [6, 6.07) is 9.19. The summed E-state index contributed by atoms with van der Waals surface area (Å²) in [6.07, 6.45) is 5.25. The quantitative estimate of drug-likeness (QED) is 0.186. The number of hydrogen-bond acceptors (Lipinski definition) is 5. The van der Waals surface area contributed by atoms with E-state index < -0.39 is 73.8 Å². The van der Waals surface area contributed by atoms with Gasteiger partial charge in [-0.3, -0.25) is 9.35 Å². The molecule has 0 aromatic heterocycles. The molecule has 1 unspecified atom stereocenters. The van der Waals surface area contributed by atoms with Crippen LogP contribution in [0, 0.1) is 0 Å². The molecular weight excluding hydrogens is 671 g/mol. The van der Waals surface area contributed by atoms with Crippen molar-refractivity contribution in [2.24, 2.45) is 0 Å². The standard InChI is InChI=1S/C33H31F4N3O6SSi/c1-4-48(3)27-14-21(39-16-32(34,35)17-39)6-9-24(27)29(25-10-7-22(15-28(25)48)40-18-33(36,37)19-40)26-13-20(31(42)43)5-8-23(26)30(41)38(2)11-12-47(44,45)46/h4-10,13-15H,1,11-12,16-19H2,2-3H3,(H-,42,43,44,45,46)/p+1. The normalized spacial score (nSPS) is 22.2. The van der Waals surface area contributed by atoms with Gasteiger partial charge < -0.3 is 14.9 Å². The third-order valence-electron chi connectivity index (χ3n) is 9.29. The number of carboxylic acids is 1. The number of rotatable bonds is 8. The molecule has 4 aliphatic rings. The number of fused-ring (bicyclic) bond motifs is 2. The summed E-state index contributed by atoms with van der Waals surface area (Å²) in [5, 5.41) is 11.4. The van der Waals surface area contributed by atoms with Crippen molar-refractivity contribution in [3.05, 3.63) is 99.9 Å². The molecule has 252 valence electrons. The van der Waals surface area contributed by atoms with E-state index >= 15 is 0 Å². The van der Waals surface area contributed by atoms with Crippen LogP contribution in [0.1, 0.15) is 31.8 Å². The minimum Gasteiger partial charge on any atom is -0.478 e. The van der Waals surface area contributed by atoms with Gasteiger partial charge in [0.25, 0.3) is 21.9 Å². The maximum Gasteiger partial charge on any atom is 0.361 e. The summed E-state index contributed by atoms with van der Waals surface area (Å²) in [7, 11) is -6.00. The van der Waals surface area contributed by atoms with Gasteiger partial charge >= 0.3 is 11.9 Å². The lowest BCUT2D eigenvalue weighted by Crippen LogP contribution is -2.57. The van der Waals surface area contributed by atoms with Crippen molar-refractivity contribution in [2.45, 2.75) is 18.4 Å². The highest BCUT2D eigenvalue weighted by atomic mass is 32.2. The van der Waals surface area contributed by atoms with E-state index in [1.165, 1.54) is 34.7 Å². The molecule has 2 N–H and O–H groups in total. The largest absolute Gasteiger partial charge is 0.478 e. The molecule has 3 heterocycles. The van der Waals surface area contributed by atoms with Gasteiger partial charge in [0.2, 0.25) is 13.1 Å². The molecule has 0 saturated carbocycles. The predicted molar refractivity (Wildman–Crippen MR) is 175 cm³/mol. The smallest absolute Gasteiger partial charge is 0.361 e. The Morgan fingerprint density at radius 1 is 1.06 bits per heavy atom. The number of allylic oxidation sites excluding steroid dienone is 5. The van der Waals surface area contributed by atoms with E-state index in [9.17, 15) is 45.2 Å². The van der Waals surface area contributed by atoms with Crippen LogP contribution in [0.4, 0.5) is 23.2 Å². The fourth-order valence-corrected chi connectivity index (χ4v) is 10.2. The lowest BCUT2D eigenvalue weighted by atomic mass is 9.86. The Bertz CT molecular complexity index is 2020. The molecule has 0 radical (unpaired) electrons. The summed E-state index contributed by atoms with van der Waals surface area (Å²) < 4.78 is 89.2. The second-order valence-electron chi connectivity index (χ2n) is 12.7. The fourth-order valence-electron chi connectivity index (χ4n) is 6.57. The molecule has 2 aromatic carbocycles. The Labute approximate surface area is 275 Å². The van der Waals surface area contributed by atoms with Crippen LogP contribution in [0.15, 0.2) is 77.7 Å². The average Bonchev–Trinajstić information content (AvgIpc) is 3.00. The zero-order valence-electron chi connectivity index (χ0n) is 26.0. The minimum absolute atomic E-state index is 0.0477. The van der Waals surface area contributed by atoms with Crippen LogP contribution in [0.5, 0.6) is 0 Å². The van der Waals surface area contributed by atoms with Crippen LogP contribution in [0.3, 0.4) is 0 Å². The number of alkyl halides is 4. The topological polar surface area (TPSA) is 118 Å². The number of hydrogen-bond donors (Lipinski definition) is 2. The van der Waals surface area contributed by atoms with Crippen LogP contribution in [0.2, 0.25) is 6.55 Å². The Balaban J connectivity index is 1.60. The molecule has 1 aliphatic carbocycles. The number of halogens is 4. The van der Waals surface area contributed by atoms with Crippen molar-refractivity contribution in [2.75, 3.05) is 50.4 Å². The number of benzene rings is 2. The summed E-state index contributed by atoms with van der Waals surface area (Å²) in [6.45, 7) is 3.93. The molecular formula is C33H32F4N3O6SSi+. The van der Waals surface area contributed by atoms with Gasteiger partial charge in [-0.1, -0.05) is 18.3 Å². The lowest BCUT2D eigenvalue weighted by molar-refractivity contribution is -0.638. The first kappa shape index (κ1) is 33.6. The summed E-state index contributed by atoms with van der Waals surface area (Å²) >= 11 is 0. The first-order chi connectivity index (χ1) is 22.3. The van der Waals surface area contributed by atoms with E-state index in [4.69, 9.17) is 0 Å². The highest BCUT2D eigenvalue weighted by molar-refractivity contribution is 7.85. The van der Waals surface area contributed by atoms with Crippen molar-refractivity contribution in [1.29, 1.82) is 0 Å². The second kappa shape index (κ2) is 11.4. The van der Waals surface area contributed by atoms with E-state index in [0.29, 0.717) is 28.1 Å².